The van der Waals surface area contributed by atoms with Crippen molar-refractivity contribution in [2.45, 2.75) is 13.0 Å². The van der Waals surface area contributed by atoms with Crippen molar-refractivity contribution >= 4 is 11.5 Å². The maximum Gasteiger partial charge on any atom is 0.252 e. The zero-order chi connectivity index (χ0) is 13.4. The quantitative estimate of drug-likeness (QED) is 0.721. The van der Waals surface area contributed by atoms with Gasteiger partial charge in [0.25, 0.3) is 5.78 Å². The molecule has 0 aliphatic carbocycles. The molecular formula is C14H13N5O. The molecule has 20 heavy (non-hydrogen) atoms. The summed E-state index contributed by atoms with van der Waals surface area (Å²) in [6.45, 7) is 1.21. The van der Waals surface area contributed by atoms with Crippen LogP contribution in [0.15, 0.2) is 42.7 Å². The summed E-state index contributed by atoms with van der Waals surface area (Å²) in [4.78, 5) is 14.3. The second-order valence-corrected chi connectivity index (χ2v) is 4.65. The van der Waals surface area contributed by atoms with Crippen molar-refractivity contribution in [1.29, 1.82) is 0 Å². The number of fused-ring (bicyclic) bond motifs is 2. The number of hydrogen-bond donors (Lipinski definition) is 0. The third-order valence-electron chi connectivity index (χ3n) is 3.35. The fourth-order valence-electron chi connectivity index (χ4n) is 2.41. The number of hydroxylamine groups is 1. The molecule has 3 heterocycles. The lowest BCUT2D eigenvalue weighted by Crippen LogP contribution is -2.21. The molecule has 0 radical (unpaired) electrons. The number of hydrogen-bond acceptors (Lipinski definition) is 5. The second-order valence-electron chi connectivity index (χ2n) is 4.65. The predicted octanol–water partition coefficient (Wildman–Crippen LogP) is 1.62. The maximum atomic E-state index is 5.81. The Balaban J connectivity index is 1.51. The van der Waals surface area contributed by atoms with E-state index >= 15 is 0 Å². The normalized spacial score (nSPS) is 13.9. The molecule has 0 saturated heterocycles. The van der Waals surface area contributed by atoms with E-state index < -0.39 is 0 Å². The van der Waals surface area contributed by atoms with Crippen molar-refractivity contribution in [1.82, 2.24) is 19.6 Å². The molecule has 4 rings (SSSR count). The van der Waals surface area contributed by atoms with Gasteiger partial charge in [-0.3, -0.25) is 9.90 Å². The Morgan fingerprint density at radius 3 is 3.10 bits per heavy atom. The predicted molar refractivity (Wildman–Crippen MR) is 73.1 cm³/mol. The number of aromatic nitrogens is 4. The Bertz CT molecular complexity index is 721. The molecule has 1 aliphatic rings. The molecular weight excluding hydrogens is 254 g/mol. The average molecular weight is 267 g/mol. The van der Waals surface area contributed by atoms with Crippen molar-refractivity contribution in [3.63, 3.8) is 0 Å². The topological polar surface area (TPSA) is 55.5 Å². The molecule has 0 atom stereocenters. The highest BCUT2D eigenvalue weighted by Crippen LogP contribution is 2.27. The first-order valence-electron chi connectivity index (χ1n) is 6.55. The van der Waals surface area contributed by atoms with E-state index in [2.05, 4.69) is 33.3 Å². The van der Waals surface area contributed by atoms with E-state index in [0.717, 1.165) is 18.7 Å². The van der Waals surface area contributed by atoms with Crippen LogP contribution in [0, 0.1) is 0 Å². The van der Waals surface area contributed by atoms with Crippen LogP contribution in [-0.2, 0) is 17.9 Å². The standard InChI is InChI=1S/C14H13N5O/c1-2-5-12-11(4-1)6-9-19(12)20-10-13-16-14-15-7-3-8-18(14)17-13/h1-5,7-8H,6,9-10H2. The lowest BCUT2D eigenvalue weighted by molar-refractivity contribution is 0.0948. The van der Waals surface area contributed by atoms with Crippen LogP contribution in [0.3, 0.4) is 0 Å². The van der Waals surface area contributed by atoms with Gasteiger partial charge in [0, 0.05) is 18.9 Å². The van der Waals surface area contributed by atoms with E-state index in [1.807, 2.05) is 23.4 Å². The third-order valence-corrected chi connectivity index (χ3v) is 3.35. The summed E-state index contributed by atoms with van der Waals surface area (Å²) in [7, 11) is 0. The lowest BCUT2D eigenvalue weighted by atomic mass is 10.2. The van der Waals surface area contributed by atoms with Crippen LogP contribution in [0.1, 0.15) is 11.4 Å². The van der Waals surface area contributed by atoms with Crippen LogP contribution in [0.4, 0.5) is 5.69 Å². The Morgan fingerprint density at radius 1 is 1.20 bits per heavy atom. The number of para-hydroxylation sites is 1. The second kappa shape index (κ2) is 4.57. The summed E-state index contributed by atoms with van der Waals surface area (Å²) in [6, 6.07) is 10.1. The van der Waals surface area contributed by atoms with Crippen molar-refractivity contribution in [2.24, 2.45) is 0 Å². The van der Waals surface area contributed by atoms with Crippen molar-refractivity contribution in [3.8, 4) is 0 Å². The Kier molecular flexibility index (Phi) is 2.60. The third kappa shape index (κ3) is 1.90. The zero-order valence-electron chi connectivity index (χ0n) is 10.8. The first-order chi connectivity index (χ1) is 9.90. The lowest BCUT2D eigenvalue weighted by Gasteiger charge is -2.17. The van der Waals surface area contributed by atoms with Gasteiger partial charge in [-0.25, -0.2) is 9.50 Å². The highest BCUT2D eigenvalue weighted by Gasteiger charge is 2.19. The van der Waals surface area contributed by atoms with Gasteiger partial charge in [0.1, 0.15) is 6.61 Å². The number of rotatable bonds is 3. The summed E-state index contributed by atoms with van der Waals surface area (Å²) in [5, 5.41) is 6.23. The van der Waals surface area contributed by atoms with Gasteiger partial charge >= 0.3 is 0 Å². The first-order valence-corrected chi connectivity index (χ1v) is 6.55. The highest BCUT2D eigenvalue weighted by molar-refractivity contribution is 5.55. The van der Waals surface area contributed by atoms with Gasteiger partial charge in [-0.05, 0) is 24.1 Å². The monoisotopic (exact) mass is 267 g/mol. The van der Waals surface area contributed by atoms with Crippen LogP contribution in [0.2, 0.25) is 0 Å². The Hall–Kier alpha value is -2.47. The number of benzene rings is 1. The molecule has 0 fully saturated rings. The molecule has 0 spiro atoms. The van der Waals surface area contributed by atoms with Crippen LogP contribution in [-0.4, -0.2) is 26.1 Å². The average Bonchev–Trinajstić information content (AvgIpc) is 3.08. The molecule has 2 aromatic heterocycles. The van der Waals surface area contributed by atoms with Gasteiger partial charge < -0.3 is 0 Å². The van der Waals surface area contributed by atoms with Gasteiger partial charge in [0.05, 0.1) is 5.69 Å². The van der Waals surface area contributed by atoms with E-state index in [4.69, 9.17) is 4.84 Å². The smallest absolute Gasteiger partial charge is 0.252 e. The summed E-state index contributed by atoms with van der Waals surface area (Å²) in [6.07, 6.45) is 4.53. The van der Waals surface area contributed by atoms with Crippen LogP contribution in [0.25, 0.3) is 5.78 Å². The molecule has 1 aromatic carbocycles. The molecule has 0 unspecified atom stereocenters. The van der Waals surface area contributed by atoms with Gasteiger partial charge in [-0.1, -0.05) is 18.2 Å². The minimum Gasteiger partial charge on any atom is -0.265 e. The molecule has 0 bridgehead atoms. The Labute approximate surface area is 115 Å². The summed E-state index contributed by atoms with van der Waals surface area (Å²) in [5.41, 5.74) is 2.45. The fraction of sp³-hybridized carbons (Fsp3) is 0.214. The van der Waals surface area contributed by atoms with Gasteiger partial charge in [-0.15, -0.1) is 5.10 Å². The number of anilines is 1. The van der Waals surface area contributed by atoms with Crippen molar-refractivity contribution < 1.29 is 4.84 Å². The SMILES string of the molecule is c1ccc2c(c1)CCN2OCc1nc2ncccn2n1. The largest absolute Gasteiger partial charge is 0.265 e. The van der Waals surface area contributed by atoms with Crippen molar-refractivity contribution in [3.05, 3.63) is 54.1 Å². The molecule has 100 valence electrons. The first kappa shape index (κ1) is 11.4. The molecule has 0 N–H and O–H groups in total. The van der Waals surface area contributed by atoms with Crippen LogP contribution < -0.4 is 5.06 Å². The van der Waals surface area contributed by atoms with Gasteiger partial charge in [0.2, 0.25) is 0 Å². The van der Waals surface area contributed by atoms with E-state index in [1.54, 1.807) is 10.7 Å². The highest BCUT2D eigenvalue weighted by atomic mass is 16.7. The summed E-state index contributed by atoms with van der Waals surface area (Å²) < 4.78 is 1.65. The van der Waals surface area contributed by atoms with Crippen LogP contribution in [0.5, 0.6) is 0 Å². The van der Waals surface area contributed by atoms with Crippen molar-refractivity contribution in [2.75, 3.05) is 11.6 Å². The van der Waals surface area contributed by atoms with E-state index in [0.29, 0.717) is 18.2 Å². The van der Waals surface area contributed by atoms with E-state index in [-0.39, 0.29) is 0 Å². The maximum absolute atomic E-state index is 5.81. The molecule has 3 aromatic rings. The zero-order valence-corrected chi connectivity index (χ0v) is 10.8. The molecule has 6 nitrogen and oxygen atoms in total. The molecule has 0 saturated carbocycles. The van der Waals surface area contributed by atoms with Crippen LogP contribution >= 0.6 is 0 Å². The minimum atomic E-state index is 0.345. The van der Waals surface area contributed by atoms with E-state index in [9.17, 15) is 0 Å². The summed E-state index contributed by atoms with van der Waals surface area (Å²) in [5.74, 6) is 1.22. The molecule has 6 heteroatoms. The Morgan fingerprint density at radius 2 is 2.15 bits per heavy atom. The molecule has 0 amide bonds. The fourth-order valence-corrected chi connectivity index (χ4v) is 2.41. The minimum absolute atomic E-state index is 0.345. The molecule has 1 aliphatic heterocycles. The summed E-state index contributed by atoms with van der Waals surface area (Å²) >= 11 is 0. The van der Waals surface area contributed by atoms with Gasteiger partial charge in [-0.2, -0.15) is 4.98 Å². The van der Waals surface area contributed by atoms with E-state index in [1.165, 1.54) is 5.56 Å². The number of nitrogens with zero attached hydrogens (tertiary/aromatic N) is 5. The van der Waals surface area contributed by atoms with Gasteiger partial charge in [0.15, 0.2) is 5.82 Å².